The van der Waals surface area contributed by atoms with Crippen LogP contribution < -0.4 is 5.32 Å². The van der Waals surface area contributed by atoms with Crippen LogP contribution in [-0.4, -0.2) is 66.0 Å². The summed E-state index contributed by atoms with van der Waals surface area (Å²) in [6, 6.07) is 8.73. The number of carbonyl (C=O) groups is 4. The van der Waals surface area contributed by atoms with Crippen molar-refractivity contribution in [3.8, 4) is 0 Å². The van der Waals surface area contributed by atoms with Crippen LogP contribution >= 0.6 is 15.2 Å². The van der Waals surface area contributed by atoms with Crippen LogP contribution in [0, 0.1) is 16.2 Å². The Morgan fingerprint density at radius 2 is 1.19 bits per heavy atom. The molecule has 0 fully saturated rings. The van der Waals surface area contributed by atoms with Gasteiger partial charge < -0.3 is 34.3 Å². The highest BCUT2D eigenvalue weighted by Crippen LogP contribution is 2.76. The summed E-state index contributed by atoms with van der Waals surface area (Å²) in [5, 5.41) is 10.7. The van der Waals surface area contributed by atoms with Gasteiger partial charge in [0.25, 0.3) is 5.08 Å². The molecular formula is C30H49NO15P2. The number of rotatable bonds is 19. The average molecular weight is 726 g/mol. The number of hydrogen-bond acceptors (Lipinski definition) is 14. The van der Waals surface area contributed by atoms with E-state index in [4.69, 9.17) is 32.5 Å². The van der Waals surface area contributed by atoms with E-state index in [-0.39, 0.29) is 13.0 Å². The zero-order valence-electron chi connectivity index (χ0n) is 28.9. The fraction of sp³-hybridized carbons (Fsp3) is 0.667. The first-order valence-corrected chi connectivity index (χ1v) is 18.0. The maximum absolute atomic E-state index is 14.4. The van der Waals surface area contributed by atoms with Gasteiger partial charge in [-0.25, -0.2) is 0 Å². The standard InChI is InChI=1S/C30H49NO15P2/c1-27(2,3)24(33)41-19-44-47(37,38)30(36,16-15-23(31-18-32)40-17-22-13-11-10-12-14-22)48(39,45-20-42-25(34)28(4,5)6)46-21-43-26(35)29(7,8)9/h10-14,18,23,36H,15-17,19-21H2,1-9H3,(H,31,32)(H,37,38). The van der Waals surface area contributed by atoms with Crippen molar-refractivity contribution in [2.75, 3.05) is 20.4 Å². The molecule has 0 aliphatic heterocycles. The van der Waals surface area contributed by atoms with Crippen LogP contribution in [0.2, 0.25) is 0 Å². The summed E-state index contributed by atoms with van der Waals surface area (Å²) in [4.78, 5) is 59.5. The van der Waals surface area contributed by atoms with Crippen LogP contribution in [0.5, 0.6) is 0 Å². The molecule has 274 valence electrons. The van der Waals surface area contributed by atoms with Gasteiger partial charge in [-0.1, -0.05) is 30.3 Å². The molecule has 0 heterocycles. The zero-order valence-corrected chi connectivity index (χ0v) is 30.7. The molecule has 48 heavy (non-hydrogen) atoms. The number of esters is 3. The molecular weight excluding hydrogens is 676 g/mol. The van der Waals surface area contributed by atoms with Gasteiger partial charge in [-0.15, -0.1) is 0 Å². The van der Waals surface area contributed by atoms with Crippen molar-refractivity contribution in [3.05, 3.63) is 35.9 Å². The Kier molecular flexibility index (Phi) is 16.1. The molecule has 18 heteroatoms. The van der Waals surface area contributed by atoms with Crippen LogP contribution in [0.4, 0.5) is 0 Å². The SMILES string of the molecule is CC(C)(C)C(=O)OCOP(=O)(O)C(O)(CCC(NC=O)OCc1ccccc1)P(=O)(OCOC(=O)C(C)(C)C)OCOC(=O)C(C)(C)C. The summed E-state index contributed by atoms with van der Waals surface area (Å²) in [5.41, 5.74) is -2.45. The summed E-state index contributed by atoms with van der Waals surface area (Å²) in [6.45, 7) is 10.1. The Labute approximate surface area is 281 Å². The number of carbonyl (C=O) groups excluding carboxylic acids is 4. The quantitative estimate of drug-likeness (QED) is 0.0575. The molecule has 0 bridgehead atoms. The van der Waals surface area contributed by atoms with Crippen LogP contribution in [0.15, 0.2) is 30.3 Å². The summed E-state index contributed by atoms with van der Waals surface area (Å²) in [5.74, 6) is -2.51. The maximum atomic E-state index is 14.4. The maximum Gasteiger partial charge on any atom is 0.380 e. The monoisotopic (exact) mass is 725 g/mol. The second kappa shape index (κ2) is 17.8. The molecule has 1 amide bonds. The van der Waals surface area contributed by atoms with E-state index < -0.39 is 93.9 Å². The summed E-state index contributed by atoms with van der Waals surface area (Å²) in [6.07, 6.45) is -2.46. The molecule has 3 atom stereocenters. The summed E-state index contributed by atoms with van der Waals surface area (Å²) >= 11 is 0. The van der Waals surface area contributed by atoms with Gasteiger partial charge in [0, 0.05) is 6.42 Å². The van der Waals surface area contributed by atoms with Crippen molar-refractivity contribution in [2.45, 2.75) is 93.1 Å². The first-order valence-electron chi connectivity index (χ1n) is 14.9. The van der Waals surface area contributed by atoms with Crippen LogP contribution in [0.25, 0.3) is 0 Å². The third-order valence-corrected chi connectivity index (χ3v) is 11.3. The van der Waals surface area contributed by atoms with Crippen LogP contribution in [-0.2, 0) is 67.4 Å². The van der Waals surface area contributed by atoms with Gasteiger partial charge in [-0.05, 0) is 74.3 Å². The van der Waals surface area contributed by atoms with Crippen molar-refractivity contribution in [1.82, 2.24) is 5.32 Å². The van der Waals surface area contributed by atoms with E-state index in [0.29, 0.717) is 5.56 Å². The number of amides is 1. The molecule has 1 aromatic carbocycles. The molecule has 0 aliphatic carbocycles. The lowest BCUT2D eigenvalue weighted by Crippen LogP contribution is -2.38. The Morgan fingerprint density at radius 3 is 1.58 bits per heavy atom. The molecule has 3 unspecified atom stereocenters. The minimum Gasteiger partial charge on any atom is -0.438 e. The van der Waals surface area contributed by atoms with Crippen molar-refractivity contribution in [2.24, 2.45) is 16.2 Å². The molecule has 0 saturated heterocycles. The van der Waals surface area contributed by atoms with Crippen molar-refractivity contribution in [1.29, 1.82) is 0 Å². The summed E-state index contributed by atoms with van der Waals surface area (Å²) < 4.78 is 64.2. The first-order chi connectivity index (χ1) is 21.9. The molecule has 0 saturated carbocycles. The van der Waals surface area contributed by atoms with Crippen molar-refractivity contribution in [3.63, 3.8) is 0 Å². The molecule has 16 nitrogen and oxygen atoms in total. The van der Waals surface area contributed by atoms with E-state index in [1.54, 1.807) is 30.3 Å². The van der Waals surface area contributed by atoms with Gasteiger partial charge in [0.15, 0.2) is 0 Å². The van der Waals surface area contributed by atoms with Crippen LogP contribution in [0.1, 0.15) is 80.7 Å². The van der Waals surface area contributed by atoms with Gasteiger partial charge in [0.2, 0.25) is 26.8 Å². The minimum absolute atomic E-state index is 0.0447. The van der Waals surface area contributed by atoms with E-state index >= 15 is 0 Å². The fourth-order valence-corrected chi connectivity index (χ4v) is 7.11. The lowest BCUT2D eigenvalue weighted by molar-refractivity contribution is -0.162. The van der Waals surface area contributed by atoms with Crippen molar-refractivity contribution >= 4 is 39.5 Å². The average Bonchev–Trinajstić information content (AvgIpc) is 2.97. The van der Waals surface area contributed by atoms with E-state index in [0.717, 1.165) is 0 Å². The molecule has 1 rings (SSSR count). The van der Waals surface area contributed by atoms with Gasteiger partial charge in [-0.2, -0.15) is 0 Å². The molecule has 0 spiro atoms. The van der Waals surface area contributed by atoms with Crippen molar-refractivity contribution < 1.29 is 70.8 Å². The summed E-state index contributed by atoms with van der Waals surface area (Å²) in [7, 11) is -11.2. The highest BCUT2D eigenvalue weighted by atomic mass is 31.2. The molecule has 1 aromatic rings. The normalized spacial score (nSPS) is 15.7. The Morgan fingerprint density at radius 1 is 0.771 bits per heavy atom. The van der Waals surface area contributed by atoms with Crippen LogP contribution in [0.3, 0.4) is 0 Å². The highest BCUT2D eigenvalue weighted by Gasteiger charge is 2.64. The van der Waals surface area contributed by atoms with Gasteiger partial charge in [0.1, 0.15) is 6.23 Å². The Hall–Kier alpha value is -2.68. The Bertz CT molecular complexity index is 1280. The lowest BCUT2D eigenvalue weighted by Gasteiger charge is -2.37. The van der Waals surface area contributed by atoms with E-state index in [2.05, 4.69) is 5.32 Å². The second-order valence-electron chi connectivity index (χ2n) is 13.7. The number of aliphatic hydroxyl groups is 1. The van der Waals surface area contributed by atoms with Gasteiger partial charge in [0.05, 0.1) is 22.9 Å². The number of ether oxygens (including phenoxy) is 4. The first kappa shape index (κ1) is 43.3. The van der Waals surface area contributed by atoms with Gasteiger partial charge >= 0.3 is 33.1 Å². The van der Waals surface area contributed by atoms with E-state index in [1.165, 1.54) is 62.3 Å². The number of nitrogens with one attached hydrogen (secondary N) is 1. The fourth-order valence-electron chi connectivity index (χ4n) is 3.27. The molecule has 0 aromatic heterocycles. The third-order valence-electron chi connectivity index (χ3n) is 6.26. The third kappa shape index (κ3) is 13.3. The topological polar surface area (TPSA) is 220 Å². The zero-order chi connectivity index (χ0) is 37.0. The molecule has 0 aliphatic rings. The largest absolute Gasteiger partial charge is 0.438 e. The second-order valence-corrected chi connectivity index (χ2v) is 18.3. The van der Waals surface area contributed by atoms with E-state index in [1.807, 2.05) is 0 Å². The Balaban J connectivity index is 3.53. The van der Waals surface area contributed by atoms with E-state index in [9.17, 15) is 38.3 Å². The predicted molar refractivity (Wildman–Crippen MR) is 170 cm³/mol. The molecule has 3 N–H and O–H groups in total. The predicted octanol–water partition coefficient (Wildman–Crippen LogP) is 4.77. The smallest absolute Gasteiger partial charge is 0.380 e. The number of benzene rings is 1. The number of hydrogen-bond donors (Lipinski definition) is 3. The minimum atomic E-state index is -5.68. The molecule has 0 radical (unpaired) electrons. The lowest BCUT2D eigenvalue weighted by atomic mass is 9.98. The highest BCUT2D eigenvalue weighted by molar-refractivity contribution is 7.73. The van der Waals surface area contributed by atoms with Gasteiger partial charge in [-0.3, -0.25) is 41.9 Å².